The predicted octanol–water partition coefficient (Wildman–Crippen LogP) is 4.58. The molecule has 10 heteroatoms. The molecule has 0 saturated carbocycles. The van der Waals surface area contributed by atoms with E-state index in [4.69, 9.17) is 4.74 Å². The van der Waals surface area contributed by atoms with Gasteiger partial charge in [0.1, 0.15) is 0 Å². The number of anilines is 1. The smallest absolute Gasteiger partial charge is 0.449 e. The van der Waals surface area contributed by atoms with Gasteiger partial charge in [0, 0.05) is 12.2 Å². The first-order valence-corrected chi connectivity index (χ1v) is 11.6. The monoisotopic (exact) mass is 488 g/mol. The number of imidazole rings is 1. The summed E-state index contributed by atoms with van der Waals surface area (Å²) in [5.74, 6) is -1.41. The maximum atomic E-state index is 13.6. The van der Waals surface area contributed by atoms with Crippen LogP contribution < -0.4 is 5.32 Å². The summed E-state index contributed by atoms with van der Waals surface area (Å²) in [6.45, 7) is 3.68. The van der Waals surface area contributed by atoms with Gasteiger partial charge in [-0.05, 0) is 75.2 Å². The summed E-state index contributed by atoms with van der Waals surface area (Å²) >= 11 is 0. The Morgan fingerprint density at radius 1 is 1.09 bits per heavy atom. The Kier molecular flexibility index (Phi) is 7.39. The summed E-state index contributed by atoms with van der Waals surface area (Å²) in [5, 5.41) is 2.81. The number of nitrogens with one attached hydrogen (secondary N) is 1. The van der Waals surface area contributed by atoms with Gasteiger partial charge in [-0.25, -0.2) is 9.78 Å². The Balaban J connectivity index is 1.30. The molecule has 1 aliphatic heterocycles. The van der Waals surface area contributed by atoms with Crippen molar-refractivity contribution in [1.29, 1.82) is 0 Å². The summed E-state index contributed by atoms with van der Waals surface area (Å²) < 4.78 is 46.9. The van der Waals surface area contributed by atoms with E-state index in [2.05, 4.69) is 10.3 Å². The zero-order valence-electron chi connectivity index (χ0n) is 19.3. The van der Waals surface area contributed by atoms with Crippen molar-refractivity contribution in [3.8, 4) is 0 Å². The highest BCUT2D eigenvalue weighted by Crippen LogP contribution is 2.33. The molecule has 1 saturated heterocycles. The number of carbonyl (C=O) groups excluding carboxylic acids is 2. The van der Waals surface area contributed by atoms with E-state index in [0.29, 0.717) is 48.2 Å². The van der Waals surface area contributed by atoms with Crippen molar-refractivity contribution in [3.63, 3.8) is 0 Å². The van der Waals surface area contributed by atoms with Crippen molar-refractivity contribution in [2.45, 2.75) is 32.5 Å². The standard InChI is InChI=1S/C25H27F3N4O3/c1-2-35-23(34)18-7-9-19(10-8-18)29-22(33)16-31-13-11-17(12-14-31)15-32-21-6-4-3-5-20(21)30-24(32)25(26,27)28/h3-10,17H,2,11-16H2,1H3,(H,29,33). The number of para-hydroxylation sites is 2. The van der Waals surface area contributed by atoms with Crippen LogP contribution in [0.5, 0.6) is 0 Å². The van der Waals surface area contributed by atoms with Crippen LogP contribution in [-0.2, 0) is 22.3 Å². The highest BCUT2D eigenvalue weighted by molar-refractivity contribution is 5.94. The molecule has 0 radical (unpaired) electrons. The number of benzene rings is 2. The Morgan fingerprint density at radius 3 is 2.43 bits per heavy atom. The molecule has 1 aromatic heterocycles. The van der Waals surface area contributed by atoms with Crippen molar-refractivity contribution in [3.05, 3.63) is 59.9 Å². The van der Waals surface area contributed by atoms with Crippen LogP contribution in [0.3, 0.4) is 0 Å². The third-order valence-electron chi connectivity index (χ3n) is 6.10. The molecule has 4 rings (SSSR count). The van der Waals surface area contributed by atoms with Gasteiger partial charge < -0.3 is 14.6 Å². The van der Waals surface area contributed by atoms with Gasteiger partial charge in [-0.1, -0.05) is 12.1 Å². The van der Waals surface area contributed by atoms with Crippen LogP contribution in [0.4, 0.5) is 18.9 Å². The molecule has 7 nitrogen and oxygen atoms in total. The van der Waals surface area contributed by atoms with Crippen LogP contribution in [-0.4, -0.2) is 52.6 Å². The molecule has 1 fully saturated rings. The average Bonchev–Trinajstić information content (AvgIpc) is 3.20. The number of fused-ring (bicyclic) bond motifs is 1. The summed E-state index contributed by atoms with van der Waals surface area (Å²) in [6.07, 6.45) is -3.15. The second kappa shape index (κ2) is 10.5. The number of halogens is 3. The Morgan fingerprint density at radius 2 is 1.77 bits per heavy atom. The minimum Gasteiger partial charge on any atom is -0.462 e. The fourth-order valence-electron chi connectivity index (χ4n) is 4.37. The van der Waals surface area contributed by atoms with Crippen molar-refractivity contribution in [2.24, 2.45) is 5.92 Å². The molecule has 2 aromatic carbocycles. The van der Waals surface area contributed by atoms with E-state index in [1.807, 2.05) is 4.90 Å². The van der Waals surface area contributed by atoms with Gasteiger partial charge >= 0.3 is 12.1 Å². The maximum Gasteiger partial charge on any atom is 0.449 e. The number of alkyl halides is 3. The van der Waals surface area contributed by atoms with Crippen molar-refractivity contribution in [2.75, 3.05) is 31.6 Å². The summed E-state index contributed by atoms with van der Waals surface area (Å²) in [7, 11) is 0. The van der Waals surface area contributed by atoms with Gasteiger partial charge in [-0.2, -0.15) is 13.2 Å². The van der Waals surface area contributed by atoms with Crippen molar-refractivity contribution in [1.82, 2.24) is 14.5 Å². The number of amides is 1. The molecule has 0 unspecified atom stereocenters. The van der Waals surface area contributed by atoms with Gasteiger partial charge in [-0.15, -0.1) is 0 Å². The average molecular weight is 489 g/mol. The molecule has 35 heavy (non-hydrogen) atoms. The number of esters is 1. The van der Waals surface area contributed by atoms with Crippen LogP contribution in [0.15, 0.2) is 48.5 Å². The van der Waals surface area contributed by atoms with E-state index in [1.54, 1.807) is 55.5 Å². The predicted molar refractivity (Wildman–Crippen MR) is 125 cm³/mol. The van der Waals surface area contributed by atoms with Crippen LogP contribution in [0.2, 0.25) is 0 Å². The lowest BCUT2D eigenvalue weighted by molar-refractivity contribution is -0.147. The second-order valence-corrected chi connectivity index (χ2v) is 8.60. The van der Waals surface area contributed by atoms with E-state index < -0.39 is 18.0 Å². The molecule has 0 spiro atoms. The first kappa shape index (κ1) is 24.7. The Hall–Kier alpha value is -3.40. The molecule has 1 aliphatic rings. The minimum atomic E-state index is -4.52. The van der Waals surface area contributed by atoms with Gasteiger partial charge in [0.15, 0.2) is 0 Å². The molecule has 0 aliphatic carbocycles. The van der Waals surface area contributed by atoms with Gasteiger partial charge in [0.05, 0.1) is 29.7 Å². The molecule has 0 bridgehead atoms. The lowest BCUT2D eigenvalue weighted by Crippen LogP contribution is -2.40. The number of piperidine rings is 1. The topological polar surface area (TPSA) is 76.5 Å². The zero-order valence-corrected chi connectivity index (χ0v) is 19.3. The number of aromatic nitrogens is 2. The summed E-state index contributed by atoms with van der Waals surface area (Å²) in [5.41, 5.74) is 1.80. The minimum absolute atomic E-state index is 0.0587. The van der Waals surface area contributed by atoms with E-state index in [1.165, 1.54) is 4.57 Å². The quantitative estimate of drug-likeness (QED) is 0.493. The molecule has 3 aromatic rings. The third-order valence-corrected chi connectivity index (χ3v) is 6.10. The van der Waals surface area contributed by atoms with E-state index in [0.717, 1.165) is 0 Å². The lowest BCUT2D eigenvalue weighted by atomic mass is 9.96. The van der Waals surface area contributed by atoms with Crippen LogP contribution in [0, 0.1) is 5.92 Å². The Bertz CT molecular complexity index is 1180. The van der Waals surface area contributed by atoms with E-state index >= 15 is 0 Å². The number of ether oxygens (including phenoxy) is 1. The first-order valence-electron chi connectivity index (χ1n) is 11.6. The molecular weight excluding hydrogens is 461 g/mol. The normalized spacial score (nSPS) is 15.3. The van der Waals surface area contributed by atoms with Crippen molar-refractivity contribution < 1.29 is 27.5 Å². The third kappa shape index (κ3) is 6.00. The zero-order chi connectivity index (χ0) is 25.0. The van der Waals surface area contributed by atoms with Gasteiger partial charge in [-0.3, -0.25) is 9.69 Å². The van der Waals surface area contributed by atoms with Gasteiger partial charge in [0.25, 0.3) is 0 Å². The number of likely N-dealkylation sites (tertiary alicyclic amines) is 1. The van der Waals surface area contributed by atoms with Crippen LogP contribution in [0.25, 0.3) is 11.0 Å². The number of hydrogen-bond donors (Lipinski definition) is 1. The second-order valence-electron chi connectivity index (χ2n) is 8.60. The number of carbonyl (C=O) groups is 2. The van der Waals surface area contributed by atoms with Crippen molar-refractivity contribution >= 4 is 28.6 Å². The number of rotatable bonds is 7. The molecule has 2 heterocycles. The Labute approximate surface area is 200 Å². The number of nitrogens with zero attached hydrogens (tertiary/aromatic N) is 3. The van der Waals surface area contributed by atoms with E-state index in [-0.39, 0.29) is 31.5 Å². The molecule has 1 amide bonds. The number of hydrogen-bond acceptors (Lipinski definition) is 5. The fourth-order valence-corrected chi connectivity index (χ4v) is 4.37. The van der Waals surface area contributed by atoms with Crippen LogP contribution in [0.1, 0.15) is 35.9 Å². The van der Waals surface area contributed by atoms with Gasteiger partial charge in [0.2, 0.25) is 11.7 Å². The highest BCUT2D eigenvalue weighted by Gasteiger charge is 2.38. The SMILES string of the molecule is CCOC(=O)c1ccc(NC(=O)CN2CCC(Cn3c(C(F)(F)F)nc4ccccc43)CC2)cc1. The fraction of sp³-hybridized carbons (Fsp3) is 0.400. The summed E-state index contributed by atoms with van der Waals surface area (Å²) in [6, 6.07) is 13.1. The molecular formula is C25H27F3N4O3. The molecule has 0 atom stereocenters. The van der Waals surface area contributed by atoms with Crippen LogP contribution >= 0.6 is 0 Å². The lowest BCUT2D eigenvalue weighted by Gasteiger charge is -2.32. The molecule has 1 N–H and O–H groups in total. The molecule has 186 valence electrons. The maximum absolute atomic E-state index is 13.6. The largest absolute Gasteiger partial charge is 0.462 e. The highest BCUT2D eigenvalue weighted by atomic mass is 19.4. The summed E-state index contributed by atoms with van der Waals surface area (Å²) in [4.78, 5) is 30.0. The van der Waals surface area contributed by atoms with E-state index in [9.17, 15) is 22.8 Å². The first-order chi connectivity index (χ1) is 16.7.